The zero-order valence-corrected chi connectivity index (χ0v) is 17.8. The van der Waals surface area contributed by atoms with Crippen LogP contribution in [0.5, 0.6) is 11.5 Å². The summed E-state index contributed by atoms with van der Waals surface area (Å²) in [5.74, 6) is -0.0778. The Morgan fingerprint density at radius 2 is 1.86 bits per heavy atom. The van der Waals surface area contributed by atoms with E-state index < -0.39 is 0 Å². The Bertz CT molecular complexity index is 754. The summed E-state index contributed by atoms with van der Waals surface area (Å²) in [6, 6.07) is 1.69. The van der Waals surface area contributed by atoms with E-state index in [1.165, 1.54) is 11.1 Å². The van der Waals surface area contributed by atoms with Crippen molar-refractivity contribution in [3.05, 3.63) is 46.1 Å². The van der Waals surface area contributed by atoms with Crippen LogP contribution in [0.2, 0.25) is 0 Å². The number of phenols is 2. The number of phenolic OH excluding ortho intramolecular Hbond substituents is 2. The molecule has 4 heteroatoms. The van der Waals surface area contributed by atoms with Crippen molar-refractivity contribution in [1.29, 1.82) is 0 Å². The van der Waals surface area contributed by atoms with Gasteiger partial charge in [-0.2, -0.15) is 0 Å². The van der Waals surface area contributed by atoms with Gasteiger partial charge in [0.2, 0.25) is 0 Å². The van der Waals surface area contributed by atoms with E-state index in [2.05, 4.69) is 33.8 Å². The Morgan fingerprint density at radius 1 is 1.14 bits per heavy atom. The molecule has 1 saturated heterocycles. The Balaban J connectivity index is 2.25. The fourth-order valence-corrected chi connectivity index (χ4v) is 3.33. The first kappa shape index (κ1) is 22.1. The maximum atomic E-state index is 12.8. The molecule has 0 atom stereocenters. The molecule has 1 aliphatic rings. The summed E-state index contributed by atoms with van der Waals surface area (Å²) in [4.78, 5) is 14.5. The van der Waals surface area contributed by atoms with Crippen LogP contribution in [0.3, 0.4) is 0 Å². The van der Waals surface area contributed by atoms with Crippen LogP contribution in [0.15, 0.2) is 29.4 Å². The molecular formula is C24H35NO3. The van der Waals surface area contributed by atoms with E-state index >= 15 is 0 Å². The quantitative estimate of drug-likeness (QED) is 0.317. The maximum absolute atomic E-state index is 12.8. The van der Waals surface area contributed by atoms with Crippen molar-refractivity contribution >= 4 is 5.91 Å². The second-order valence-electron chi connectivity index (χ2n) is 8.08. The van der Waals surface area contributed by atoms with Crippen molar-refractivity contribution < 1.29 is 15.0 Å². The average molecular weight is 386 g/mol. The van der Waals surface area contributed by atoms with Gasteiger partial charge in [-0.3, -0.25) is 4.79 Å². The van der Waals surface area contributed by atoms with E-state index in [1.54, 1.807) is 11.0 Å². The Morgan fingerprint density at radius 3 is 2.46 bits per heavy atom. The van der Waals surface area contributed by atoms with Crippen LogP contribution in [0.4, 0.5) is 0 Å². The molecule has 0 unspecified atom stereocenters. The molecular weight excluding hydrogens is 350 g/mol. The molecule has 1 heterocycles. The van der Waals surface area contributed by atoms with E-state index in [-0.39, 0.29) is 17.4 Å². The SMILES string of the molecule is CCCCCc1cc(O)c(CC=C(C)CCC=C(C)C)c(O)c1C(=O)N1CC1. The molecule has 0 bridgehead atoms. The minimum atomic E-state index is -0.116. The molecule has 0 radical (unpaired) electrons. The summed E-state index contributed by atoms with van der Waals surface area (Å²) < 4.78 is 0. The van der Waals surface area contributed by atoms with Crippen LogP contribution in [0.25, 0.3) is 0 Å². The molecule has 154 valence electrons. The van der Waals surface area contributed by atoms with Gasteiger partial charge in [0.25, 0.3) is 5.91 Å². The van der Waals surface area contributed by atoms with Gasteiger partial charge in [0, 0.05) is 18.7 Å². The Labute approximate surface area is 169 Å². The van der Waals surface area contributed by atoms with Crippen molar-refractivity contribution in [2.75, 3.05) is 13.1 Å². The van der Waals surface area contributed by atoms with Crippen LogP contribution >= 0.6 is 0 Å². The van der Waals surface area contributed by atoms with E-state index in [1.807, 2.05) is 6.08 Å². The first-order valence-corrected chi connectivity index (χ1v) is 10.5. The van der Waals surface area contributed by atoms with E-state index in [0.717, 1.165) is 50.8 Å². The maximum Gasteiger partial charge on any atom is 0.258 e. The molecule has 1 fully saturated rings. The molecule has 0 saturated carbocycles. The molecule has 0 aromatic heterocycles. The molecule has 2 rings (SSSR count). The number of amides is 1. The number of rotatable bonds is 10. The van der Waals surface area contributed by atoms with Gasteiger partial charge in [0.05, 0.1) is 5.56 Å². The summed E-state index contributed by atoms with van der Waals surface area (Å²) in [6.45, 7) is 9.86. The standard InChI is InChI=1S/C24H35NO3/c1-5-6-7-11-19-16-21(26)20(13-12-18(4)10-8-9-17(2)3)23(27)22(19)24(28)25-14-15-25/h9,12,16,26-27H,5-8,10-11,13-15H2,1-4H3. The van der Waals surface area contributed by atoms with Gasteiger partial charge < -0.3 is 15.1 Å². The van der Waals surface area contributed by atoms with Crippen LogP contribution in [0.1, 0.15) is 81.3 Å². The van der Waals surface area contributed by atoms with Crippen molar-refractivity contribution in [3.8, 4) is 11.5 Å². The second kappa shape index (κ2) is 10.4. The largest absolute Gasteiger partial charge is 0.508 e. The highest BCUT2D eigenvalue weighted by molar-refractivity contribution is 6.00. The Hall–Kier alpha value is -2.23. The van der Waals surface area contributed by atoms with Gasteiger partial charge in [0.1, 0.15) is 11.5 Å². The van der Waals surface area contributed by atoms with Gasteiger partial charge in [-0.1, -0.05) is 43.1 Å². The molecule has 1 amide bonds. The lowest BCUT2D eigenvalue weighted by molar-refractivity contribution is 0.0881. The molecule has 2 N–H and O–H groups in total. The van der Waals surface area contributed by atoms with Crippen molar-refractivity contribution in [2.24, 2.45) is 0 Å². The monoisotopic (exact) mass is 385 g/mol. The summed E-state index contributed by atoms with van der Waals surface area (Å²) in [5.41, 5.74) is 4.11. The number of allylic oxidation sites excluding steroid dienone is 4. The van der Waals surface area contributed by atoms with Crippen LogP contribution in [-0.2, 0) is 12.8 Å². The third-order valence-electron chi connectivity index (χ3n) is 5.21. The molecule has 1 aromatic carbocycles. The molecule has 28 heavy (non-hydrogen) atoms. The van der Waals surface area contributed by atoms with Crippen molar-refractivity contribution in [2.45, 2.75) is 72.6 Å². The number of hydrogen-bond acceptors (Lipinski definition) is 3. The van der Waals surface area contributed by atoms with Crippen LogP contribution < -0.4 is 0 Å². The third kappa shape index (κ3) is 6.15. The molecule has 4 nitrogen and oxygen atoms in total. The summed E-state index contributed by atoms with van der Waals surface area (Å²) >= 11 is 0. The number of unbranched alkanes of at least 4 members (excludes halogenated alkanes) is 2. The fourth-order valence-electron chi connectivity index (χ4n) is 3.33. The average Bonchev–Trinajstić information content (AvgIpc) is 3.46. The van der Waals surface area contributed by atoms with Gasteiger partial charge in [-0.25, -0.2) is 0 Å². The van der Waals surface area contributed by atoms with Gasteiger partial charge in [0.15, 0.2) is 0 Å². The number of benzene rings is 1. The number of aromatic hydroxyl groups is 2. The Kier molecular flexibility index (Phi) is 8.16. The number of nitrogens with zero attached hydrogens (tertiary/aromatic N) is 1. The lowest BCUT2D eigenvalue weighted by atomic mass is 9.94. The predicted octanol–water partition coefficient (Wildman–Crippen LogP) is 5.52. The minimum Gasteiger partial charge on any atom is -0.508 e. The third-order valence-corrected chi connectivity index (χ3v) is 5.21. The summed E-state index contributed by atoms with van der Waals surface area (Å²) in [5, 5.41) is 21.4. The topological polar surface area (TPSA) is 60.5 Å². The highest BCUT2D eigenvalue weighted by Crippen LogP contribution is 2.37. The zero-order chi connectivity index (χ0) is 20.7. The molecule has 0 aliphatic carbocycles. The van der Waals surface area contributed by atoms with E-state index in [0.29, 0.717) is 24.0 Å². The lowest BCUT2D eigenvalue weighted by Crippen LogP contribution is -2.14. The first-order chi connectivity index (χ1) is 13.3. The smallest absolute Gasteiger partial charge is 0.258 e. The number of carbonyl (C=O) groups is 1. The minimum absolute atomic E-state index is 0.0447. The van der Waals surface area contributed by atoms with Crippen molar-refractivity contribution in [3.63, 3.8) is 0 Å². The fraction of sp³-hybridized carbons (Fsp3) is 0.542. The molecule has 1 aromatic rings. The molecule has 1 aliphatic heterocycles. The van der Waals surface area contributed by atoms with E-state index in [9.17, 15) is 15.0 Å². The zero-order valence-electron chi connectivity index (χ0n) is 17.8. The highest BCUT2D eigenvalue weighted by Gasteiger charge is 2.31. The molecule has 0 spiro atoms. The number of hydrogen-bond donors (Lipinski definition) is 2. The van der Waals surface area contributed by atoms with Gasteiger partial charge in [-0.05, 0) is 64.5 Å². The lowest BCUT2D eigenvalue weighted by Gasteiger charge is -2.16. The number of carbonyl (C=O) groups excluding carboxylic acids is 1. The van der Waals surface area contributed by atoms with Crippen LogP contribution in [0, 0.1) is 0 Å². The summed E-state index contributed by atoms with van der Waals surface area (Å²) in [6.07, 6.45) is 10.4. The highest BCUT2D eigenvalue weighted by atomic mass is 16.3. The first-order valence-electron chi connectivity index (χ1n) is 10.5. The predicted molar refractivity (Wildman–Crippen MR) is 115 cm³/mol. The van der Waals surface area contributed by atoms with Crippen LogP contribution in [-0.4, -0.2) is 34.1 Å². The summed E-state index contributed by atoms with van der Waals surface area (Å²) in [7, 11) is 0. The normalized spacial score (nSPS) is 13.6. The second-order valence-corrected chi connectivity index (χ2v) is 8.08. The number of aryl methyl sites for hydroxylation is 1. The van der Waals surface area contributed by atoms with Gasteiger partial charge in [-0.15, -0.1) is 0 Å². The van der Waals surface area contributed by atoms with E-state index in [4.69, 9.17) is 0 Å². The van der Waals surface area contributed by atoms with Gasteiger partial charge >= 0.3 is 0 Å². The van der Waals surface area contributed by atoms with Crippen molar-refractivity contribution in [1.82, 2.24) is 4.90 Å².